The minimum atomic E-state index is 0.356. The summed E-state index contributed by atoms with van der Waals surface area (Å²) in [7, 11) is 0. The number of fused-ring (bicyclic) bond motifs is 3. The number of benzene rings is 6. The van der Waals surface area contributed by atoms with E-state index in [9.17, 15) is 0 Å². The summed E-state index contributed by atoms with van der Waals surface area (Å²) in [5.41, 5.74) is 7.87. The predicted octanol–water partition coefficient (Wildman–Crippen LogP) is 8.15. The molecule has 6 aromatic carbocycles. The topological polar surface area (TPSA) is 50.7 Å². The number of aromatic nitrogens is 3. The van der Waals surface area contributed by atoms with E-state index in [1.54, 1.807) is 0 Å². The molecule has 204 valence electrons. The molecule has 7 aromatic rings. The van der Waals surface area contributed by atoms with Crippen molar-refractivity contribution in [2.24, 2.45) is 0 Å². The number of hydrogen-bond donors (Lipinski definition) is 1. The Kier molecular flexibility index (Phi) is 6.52. The van der Waals surface area contributed by atoms with Gasteiger partial charge in [-0.2, -0.15) is 0 Å². The maximum atomic E-state index is 4.88. The van der Waals surface area contributed by atoms with Crippen LogP contribution in [0, 0.1) is 0 Å². The van der Waals surface area contributed by atoms with Crippen molar-refractivity contribution in [1.82, 2.24) is 15.0 Å². The zero-order valence-electron chi connectivity index (χ0n) is 23.2. The van der Waals surface area contributed by atoms with Crippen molar-refractivity contribution in [3.8, 4) is 45.3 Å². The van der Waals surface area contributed by atoms with Crippen LogP contribution in [0.4, 0.5) is 5.69 Å². The molecular weight excluding hydrogens is 591 g/mol. The number of hydrogen-bond acceptors (Lipinski definition) is 4. The quantitative estimate of drug-likeness (QED) is 0.198. The van der Waals surface area contributed by atoms with Crippen molar-refractivity contribution in [3.05, 3.63) is 151 Å². The molecule has 1 aliphatic heterocycles. The van der Waals surface area contributed by atoms with E-state index in [-0.39, 0.29) is 0 Å². The van der Waals surface area contributed by atoms with Crippen molar-refractivity contribution >= 4 is 35.9 Å². The maximum absolute atomic E-state index is 4.88. The molecule has 0 radical (unpaired) electrons. The first-order chi connectivity index (χ1) is 21.3. The third-order valence-electron chi connectivity index (χ3n) is 7.78. The van der Waals surface area contributed by atoms with Gasteiger partial charge in [0.25, 0.3) is 0 Å². The predicted molar refractivity (Wildman–Crippen MR) is 177 cm³/mol. The summed E-state index contributed by atoms with van der Waals surface area (Å²) in [5.74, 6) is 1.99. The van der Waals surface area contributed by atoms with Gasteiger partial charge in [-0.05, 0) is 0 Å². The first-order valence-electron chi connectivity index (χ1n) is 14.3. The Morgan fingerprint density at radius 1 is 0.465 bits per heavy atom. The summed E-state index contributed by atoms with van der Waals surface area (Å²) in [6, 6.07) is 50.8. The van der Waals surface area contributed by atoms with E-state index >= 15 is 0 Å². The summed E-state index contributed by atoms with van der Waals surface area (Å²) in [6.07, 6.45) is 0. The van der Waals surface area contributed by atoms with Gasteiger partial charge in [-0.1, -0.05) is 60.7 Å². The molecule has 0 spiro atoms. The molecule has 8 rings (SSSR count). The van der Waals surface area contributed by atoms with Crippen molar-refractivity contribution in [2.45, 2.75) is 4.94 Å². The van der Waals surface area contributed by atoms with Crippen molar-refractivity contribution < 1.29 is 0 Å². The Morgan fingerprint density at radius 3 is 1.58 bits per heavy atom. The second-order valence-corrected chi connectivity index (χ2v) is 12.9. The molecule has 1 N–H and O–H groups in total. The Balaban J connectivity index is 1.12. The number of anilines is 1. The summed E-state index contributed by atoms with van der Waals surface area (Å²) in [6.45, 7) is 0. The molecule has 2 heterocycles. The van der Waals surface area contributed by atoms with Gasteiger partial charge in [0.15, 0.2) is 11.6 Å². The van der Waals surface area contributed by atoms with Crippen LogP contribution in [0.25, 0.3) is 56.1 Å². The smallest absolute Gasteiger partial charge is 0.0615 e. The Morgan fingerprint density at radius 2 is 0.977 bits per heavy atom. The van der Waals surface area contributed by atoms with Gasteiger partial charge in [0, 0.05) is 11.1 Å². The zero-order chi connectivity index (χ0) is 28.6. The van der Waals surface area contributed by atoms with E-state index in [2.05, 4.69) is 90.2 Å². The molecule has 1 aliphatic rings. The van der Waals surface area contributed by atoms with E-state index in [0.29, 0.717) is 37.4 Å². The number of nitrogens with one attached hydrogen (secondary N) is 1. The van der Waals surface area contributed by atoms with Crippen LogP contribution >= 0.6 is 0 Å². The summed E-state index contributed by atoms with van der Waals surface area (Å²) < 4.78 is 1.44. The molecule has 0 saturated carbocycles. The van der Waals surface area contributed by atoms with Gasteiger partial charge in [0.2, 0.25) is 0 Å². The average Bonchev–Trinajstić information content (AvgIpc) is 3.54. The van der Waals surface area contributed by atoms with Crippen LogP contribution < -0.4 is 9.78 Å². The van der Waals surface area contributed by atoms with Gasteiger partial charge < -0.3 is 0 Å². The number of rotatable bonds is 5. The third-order valence-corrected chi connectivity index (χ3v) is 10.3. The fourth-order valence-electron chi connectivity index (χ4n) is 5.55. The van der Waals surface area contributed by atoms with E-state index in [1.165, 1.54) is 32.0 Å². The molecular formula is C38H26N4Se. The van der Waals surface area contributed by atoms with Crippen LogP contribution in [-0.4, -0.2) is 29.9 Å². The van der Waals surface area contributed by atoms with Crippen LogP contribution in [0.15, 0.2) is 146 Å². The van der Waals surface area contributed by atoms with Crippen LogP contribution in [-0.2, 0) is 0 Å². The van der Waals surface area contributed by atoms with Gasteiger partial charge in [-0.3, -0.25) is 0 Å². The van der Waals surface area contributed by atoms with Gasteiger partial charge in [0.1, 0.15) is 0 Å². The van der Waals surface area contributed by atoms with E-state index in [1.807, 2.05) is 60.7 Å². The Hall–Kier alpha value is -5.09. The molecule has 0 bridgehead atoms. The molecule has 5 heteroatoms. The fraction of sp³-hybridized carbons (Fsp3) is 0.0263. The molecule has 4 nitrogen and oxygen atoms in total. The normalized spacial score (nSPS) is 13.9. The second kappa shape index (κ2) is 11.0. The molecule has 0 aliphatic carbocycles. The van der Waals surface area contributed by atoms with Crippen molar-refractivity contribution in [2.75, 3.05) is 5.32 Å². The van der Waals surface area contributed by atoms with Crippen LogP contribution in [0.3, 0.4) is 0 Å². The van der Waals surface area contributed by atoms with Gasteiger partial charge >= 0.3 is 169 Å². The van der Waals surface area contributed by atoms with Crippen LogP contribution in [0.2, 0.25) is 0 Å². The van der Waals surface area contributed by atoms with Gasteiger partial charge in [-0.15, -0.1) is 0 Å². The minimum Gasteiger partial charge on any atom is -0.0615 e. The molecule has 0 amide bonds. The minimum absolute atomic E-state index is 0.356. The van der Waals surface area contributed by atoms with Crippen molar-refractivity contribution in [1.29, 1.82) is 0 Å². The molecule has 1 unspecified atom stereocenters. The van der Waals surface area contributed by atoms with Crippen LogP contribution in [0.1, 0.15) is 10.5 Å². The SMILES string of the molecule is c1ccc(-c2nc(-c3ccccc3)nc(-c3ccc(-c4ccc5c6c(ccc5c4)[Se]C(c4ccccc4)N6)cc3)n2)cc1. The molecule has 1 atom stereocenters. The van der Waals surface area contributed by atoms with Crippen LogP contribution in [0.5, 0.6) is 0 Å². The van der Waals surface area contributed by atoms with E-state index in [4.69, 9.17) is 15.0 Å². The molecule has 43 heavy (non-hydrogen) atoms. The summed E-state index contributed by atoms with van der Waals surface area (Å²) >= 11 is 0.356. The monoisotopic (exact) mass is 618 g/mol. The summed E-state index contributed by atoms with van der Waals surface area (Å²) in [5, 5.41) is 6.35. The average molecular weight is 618 g/mol. The first-order valence-corrected chi connectivity index (χ1v) is 16.2. The van der Waals surface area contributed by atoms with E-state index in [0.717, 1.165) is 22.3 Å². The first kappa shape index (κ1) is 25.6. The fourth-order valence-corrected chi connectivity index (χ4v) is 7.98. The van der Waals surface area contributed by atoms with Crippen molar-refractivity contribution in [3.63, 3.8) is 0 Å². The standard InChI is InChI=1S/C38H26N4Se/c1-4-10-26(11-5-1)35-40-36(27-12-6-2-7-13-27)42-37(41-35)28-18-16-25(17-19-28)30-20-22-32-31(24-30)21-23-33-34(32)39-38(43-33)29-14-8-3-9-15-29/h1-24,38-39H. The second-order valence-electron chi connectivity index (χ2n) is 10.5. The summed E-state index contributed by atoms with van der Waals surface area (Å²) in [4.78, 5) is 14.9. The van der Waals surface area contributed by atoms with Gasteiger partial charge in [0.05, 0.1) is 0 Å². The molecule has 0 saturated heterocycles. The molecule has 1 aromatic heterocycles. The van der Waals surface area contributed by atoms with E-state index < -0.39 is 0 Å². The number of nitrogens with zero attached hydrogens (tertiary/aromatic N) is 3. The van der Waals surface area contributed by atoms with Gasteiger partial charge in [-0.25, -0.2) is 4.98 Å². The third kappa shape index (κ3) is 4.99. The Labute approximate surface area is 256 Å². The Bertz CT molecular complexity index is 2000. The molecule has 0 fully saturated rings. The zero-order valence-corrected chi connectivity index (χ0v) is 24.9.